The fourth-order valence-corrected chi connectivity index (χ4v) is 2.98. The number of tetrazole rings is 1. The van der Waals surface area contributed by atoms with E-state index in [9.17, 15) is 29.6 Å². The van der Waals surface area contributed by atoms with Gasteiger partial charge in [-0.25, -0.2) is 4.79 Å². The third-order valence-electron chi connectivity index (χ3n) is 4.37. The van der Waals surface area contributed by atoms with E-state index in [0.717, 1.165) is 16.0 Å². The molecule has 2 unspecified atom stereocenters. The minimum atomic E-state index is -1.13. The van der Waals surface area contributed by atoms with Crippen LogP contribution >= 0.6 is 12.6 Å². The van der Waals surface area contributed by atoms with Crippen molar-refractivity contribution in [2.75, 3.05) is 0 Å². The molecule has 14 nitrogen and oxygen atoms in total. The van der Waals surface area contributed by atoms with Crippen LogP contribution in [0.25, 0.3) is 0 Å². The number of hydrogen-bond acceptors (Lipinski definition) is 11. The summed E-state index contributed by atoms with van der Waals surface area (Å²) in [5.41, 5.74) is -0.111. The Morgan fingerprint density at radius 2 is 2.09 bits per heavy atom. The van der Waals surface area contributed by atoms with Crippen LogP contribution in [0.5, 0.6) is 0 Å². The van der Waals surface area contributed by atoms with Crippen molar-refractivity contribution in [1.82, 2.24) is 30.4 Å². The molecular weight excluding hydrogens is 446 g/mol. The molecule has 0 radical (unpaired) electrons. The van der Waals surface area contributed by atoms with E-state index in [1.807, 2.05) is 0 Å². The molecule has 1 fully saturated rings. The van der Waals surface area contributed by atoms with Crippen LogP contribution in [0, 0.1) is 10.1 Å². The SMILES string of the molecule is CC(O)=C(C(=O)OCc1ccc([N+](=O)[O-])cc1)N1C(=O)CC1NC(=O)C(S)n1ncnn1. The van der Waals surface area contributed by atoms with Crippen LogP contribution in [-0.4, -0.2) is 59.1 Å². The number of benzene rings is 1. The first-order chi connectivity index (χ1) is 15.2. The number of amides is 2. The number of hydrogen-bond donors (Lipinski definition) is 3. The van der Waals surface area contributed by atoms with Gasteiger partial charge in [0.2, 0.25) is 5.91 Å². The standard InChI is InChI=1S/C17H17N7O7S/c1-9(25)14(17(28)31-7-10-2-4-11(5-3-10)24(29)30)22-12(6-13(22)26)20-15(27)16(32)23-19-8-18-21-23/h2-5,8,12,16,25,32H,6-7H2,1H3,(H,20,27). The molecule has 3 rings (SSSR count). The lowest BCUT2D eigenvalue weighted by molar-refractivity contribution is -0.384. The molecule has 0 spiro atoms. The molecule has 2 N–H and O–H groups in total. The number of aliphatic hydroxyl groups excluding tert-OH is 1. The molecule has 0 saturated carbocycles. The van der Waals surface area contributed by atoms with Crippen LogP contribution in [-0.2, 0) is 25.7 Å². The summed E-state index contributed by atoms with van der Waals surface area (Å²) in [4.78, 5) is 49.0. The first kappa shape index (κ1) is 22.7. The van der Waals surface area contributed by atoms with Gasteiger partial charge in [0, 0.05) is 12.1 Å². The molecule has 168 valence electrons. The van der Waals surface area contributed by atoms with Crippen LogP contribution in [0.4, 0.5) is 5.69 Å². The Morgan fingerprint density at radius 1 is 1.41 bits per heavy atom. The second kappa shape index (κ2) is 9.42. The fourth-order valence-electron chi connectivity index (χ4n) is 2.79. The van der Waals surface area contributed by atoms with E-state index in [2.05, 4.69) is 33.4 Å². The molecule has 1 saturated heterocycles. The number of likely N-dealkylation sites (tertiary alicyclic amines) is 1. The van der Waals surface area contributed by atoms with Crippen molar-refractivity contribution in [2.24, 2.45) is 0 Å². The number of non-ortho nitro benzene ring substituents is 1. The largest absolute Gasteiger partial charge is 0.510 e. The summed E-state index contributed by atoms with van der Waals surface area (Å²) in [6, 6.07) is 5.31. The van der Waals surface area contributed by atoms with Crippen molar-refractivity contribution >= 4 is 36.1 Å². The van der Waals surface area contributed by atoms with E-state index in [4.69, 9.17) is 4.74 Å². The number of nitro benzene ring substituents is 1. The third kappa shape index (κ3) is 4.83. The van der Waals surface area contributed by atoms with Crippen molar-refractivity contribution in [3.8, 4) is 0 Å². The molecular formula is C17H17N7O7S. The van der Waals surface area contributed by atoms with Crippen LogP contribution in [0.3, 0.4) is 0 Å². The van der Waals surface area contributed by atoms with Crippen LogP contribution in [0.1, 0.15) is 24.3 Å². The summed E-state index contributed by atoms with van der Waals surface area (Å²) < 4.78 is 5.14. The number of nitrogens with one attached hydrogen (secondary N) is 1. The third-order valence-corrected chi connectivity index (χ3v) is 4.81. The summed E-state index contributed by atoms with van der Waals surface area (Å²) in [5, 5.41) is 32.8. The van der Waals surface area contributed by atoms with Crippen LogP contribution < -0.4 is 5.32 Å². The van der Waals surface area contributed by atoms with Gasteiger partial charge in [-0.1, -0.05) is 0 Å². The number of rotatable bonds is 8. The molecule has 32 heavy (non-hydrogen) atoms. The molecule has 1 aliphatic heterocycles. The predicted molar refractivity (Wildman–Crippen MR) is 107 cm³/mol. The quantitative estimate of drug-likeness (QED) is 0.0931. The van der Waals surface area contributed by atoms with Crippen LogP contribution in [0.15, 0.2) is 42.0 Å². The highest BCUT2D eigenvalue weighted by Crippen LogP contribution is 2.27. The Labute approximate surface area is 185 Å². The zero-order valence-electron chi connectivity index (χ0n) is 16.5. The first-order valence-electron chi connectivity index (χ1n) is 9.02. The van der Waals surface area contributed by atoms with Gasteiger partial charge in [-0.2, -0.15) is 0 Å². The summed E-state index contributed by atoms with van der Waals surface area (Å²) in [6.07, 6.45) is 0.0629. The molecule has 0 aliphatic carbocycles. The number of nitro groups is 1. The molecule has 1 aliphatic rings. The molecule has 1 aromatic heterocycles. The van der Waals surface area contributed by atoms with E-state index in [1.54, 1.807) is 0 Å². The maximum absolute atomic E-state index is 12.6. The Kier molecular flexibility index (Phi) is 6.67. The average Bonchev–Trinajstić information content (AvgIpc) is 3.29. The van der Waals surface area contributed by atoms with E-state index in [0.29, 0.717) is 5.56 Å². The maximum atomic E-state index is 12.6. The van der Waals surface area contributed by atoms with Crippen molar-refractivity contribution in [1.29, 1.82) is 0 Å². The normalized spacial score (nSPS) is 17.1. The van der Waals surface area contributed by atoms with Gasteiger partial charge in [0.05, 0.1) is 11.3 Å². The molecule has 0 bridgehead atoms. The van der Waals surface area contributed by atoms with Gasteiger partial charge in [-0.15, -0.1) is 27.6 Å². The highest BCUT2D eigenvalue weighted by molar-refractivity contribution is 7.81. The van der Waals surface area contributed by atoms with Gasteiger partial charge in [0.1, 0.15) is 18.5 Å². The minimum absolute atomic E-state index is 0.122. The number of carbonyl (C=O) groups excluding carboxylic acids is 3. The van der Waals surface area contributed by atoms with Gasteiger partial charge < -0.3 is 15.2 Å². The van der Waals surface area contributed by atoms with E-state index in [-0.39, 0.29) is 18.7 Å². The average molecular weight is 463 g/mol. The van der Waals surface area contributed by atoms with Crippen molar-refractivity contribution in [2.45, 2.75) is 31.5 Å². The van der Waals surface area contributed by atoms with Crippen LogP contribution in [0.2, 0.25) is 0 Å². The second-order valence-corrected chi connectivity index (χ2v) is 7.05. The van der Waals surface area contributed by atoms with Gasteiger partial charge >= 0.3 is 5.97 Å². The molecule has 15 heteroatoms. The second-order valence-electron chi connectivity index (χ2n) is 6.56. The topological polar surface area (TPSA) is 183 Å². The Morgan fingerprint density at radius 3 is 2.62 bits per heavy atom. The number of allylic oxidation sites excluding steroid dienone is 1. The molecule has 2 atom stereocenters. The number of esters is 1. The lowest BCUT2D eigenvalue weighted by Gasteiger charge is -2.41. The van der Waals surface area contributed by atoms with E-state index >= 15 is 0 Å². The van der Waals surface area contributed by atoms with E-state index in [1.165, 1.54) is 31.2 Å². The summed E-state index contributed by atoms with van der Waals surface area (Å²) in [5.74, 6) is -2.70. The highest BCUT2D eigenvalue weighted by Gasteiger charge is 2.44. The first-order valence-corrected chi connectivity index (χ1v) is 9.54. The molecule has 2 heterocycles. The molecule has 2 aromatic rings. The number of β-lactam (4-membered cyclic amide) rings is 1. The lowest BCUT2D eigenvalue weighted by Crippen LogP contribution is -2.62. The summed E-state index contributed by atoms with van der Waals surface area (Å²) in [7, 11) is 0. The fraction of sp³-hybridized carbons (Fsp3) is 0.294. The molecule has 1 aromatic carbocycles. The smallest absolute Gasteiger partial charge is 0.358 e. The van der Waals surface area contributed by atoms with Gasteiger partial charge in [-0.05, 0) is 29.8 Å². The Hall–Kier alpha value is -4.01. The van der Waals surface area contributed by atoms with E-state index < -0.39 is 45.7 Å². The summed E-state index contributed by atoms with van der Waals surface area (Å²) in [6.45, 7) is 0.928. The van der Waals surface area contributed by atoms with Crippen molar-refractivity contribution in [3.63, 3.8) is 0 Å². The highest BCUT2D eigenvalue weighted by atomic mass is 32.1. The molecule has 2 amide bonds. The zero-order valence-corrected chi connectivity index (χ0v) is 17.4. The Bertz CT molecular complexity index is 1070. The number of nitrogens with zero attached hydrogens (tertiary/aromatic N) is 6. The maximum Gasteiger partial charge on any atom is 0.358 e. The van der Waals surface area contributed by atoms with Gasteiger partial charge in [0.15, 0.2) is 17.4 Å². The number of carbonyl (C=O) groups is 3. The monoisotopic (exact) mass is 463 g/mol. The van der Waals surface area contributed by atoms with Crippen molar-refractivity contribution < 1.29 is 29.2 Å². The van der Waals surface area contributed by atoms with Crippen molar-refractivity contribution in [3.05, 3.63) is 57.7 Å². The predicted octanol–water partition coefficient (Wildman–Crippen LogP) is 0.217. The Balaban J connectivity index is 1.66. The van der Waals surface area contributed by atoms with Gasteiger partial charge in [-0.3, -0.25) is 24.6 Å². The van der Waals surface area contributed by atoms with Gasteiger partial charge in [0.25, 0.3) is 11.6 Å². The number of aromatic nitrogens is 4. The number of thiol groups is 1. The number of aliphatic hydroxyl groups is 1. The summed E-state index contributed by atoms with van der Waals surface area (Å²) >= 11 is 4.08. The lowest BCUT2D eigenvalue weighted by atomic mass is 10.1. The zero-order chi connectivity index (χ0) is 23.4. The minimum Gasteiger partial charge on any atom is -0.510 e. The number of ether oxygens (including phenoxy) is 1.